The molecule has 0 aliphatic heterocycles. The Kier molecular flexibility index (Phi) is 4.18. The van der Waals surface area contributed by atoms with Crippen LogP contribution in [-0.4, -0.2) is 11.9 Å². The number of hydrazine groups is 1. The topological polar surface area (TPSA) is 50.4 Å². The van der Waals surface area contributed by atoms with E-state index in [-0.39, 0.29) is 0 Å². The molecule has 1 aromatic rings. The van der Waals surface area contributed by atoms with Gasteiger partial charge in [0.05, 0.1) is 6.04 Å². The Bertz CT molecular complexity index is 446. The fourth-order valence-corrected chi connectivity index (χ4v) is 4.39. The Hall–Kier alpha value is -0.870. The summed E-state index contributed by atoms with van der Waals surface area (Å²) < 4.78 is 0. The van der Waals surface area contributed by atoms with Crippen molar-refractivity contribution < 1.29 is 0 Å². The Balaban J connectivity index is 1.81. The van der Waals surface area contributed by atoms with Gasteiger partial charge in [0, 0.05) is 10.8 Å². The SMILES string of the molecule is NNC(=NC1CCCCC1)C1CCCc2sccc21. The third kappa shape index (κ3) is 2.84. The van der Waals surface area contributed by atoms with Gasteiger partial charge in [-0.05, 0) is 49.1 Å². The third-order valence-electron chi connectivity index (χ3n) is 4.43. The molecule has 3 nitrogen and oxygen atoms in total. The van der Waals surface area contributed by atoms with E-state index in [0.29, 0.717) is 12.0 Å². The van der Waals surface area contributed by atoms with Crippen molar-refractivity contribution >= 4 is 17.2 Å². The van der Waals surface area contributed by atoms with E-state index in [9.17, 15) is 0 Å². The molecule has 0 amide bonds. The first-order valence-corrected chi connectivity index (χ1v) is 8.37. The minimum atomic E-state index is 0.405. The highest BCUT2D eigenvalue weighted by atomic mass is 32.1. The number of thiophene rings is 1. The normalized spacial score (nSPS) is 25.1. The molecule has 1 unspecified atom stereocenters. The lowest BCUT2D eigenvalue weighted by molar-refractivity contribution is 0.440. The molecule has 0 bridgehead atoms. The van der Waals surface area contributed by atoms with Gasteiger partial charge in [0.25, 0.3) is 0 Å². The van der Waals surface area contributed by atoms with Crippen LogP contribution in [0.3, 0.4) is 0 Å². The first kappa shape index (κ1) is 13.1. The van der Waals surface area contributed by atoms with E-state index < -0.39 is 0 Å². The van der Waals surface area contributed by atoms with Crippen molar-refractivity contribution in [1.82, 2.24) is 5.43 Å². The van der Waals surface area contributed by atoms with Crippen LogP contribution < -0.4 is 11.3 Å². The van der Waals surface area contributed by atoms with Gasteiger partial charge in [0.2, 0.25) is 0 Å². The van der Waals surface area contributed by atoms with Gasteiger partial charge in [0.1, 0.15) is 5.84 Å². The van der Waals surface area contributed by atoms with Gasteiger partial charge < -0.3 is 5.43 Å². The second kappa shape index (κ2) is 6.06. The number of hydrogen-bond donors (Lipinski definition) is 2. The number of nitrogens with zero attached hydrogens (tertiary/aromatic N) is 1. The van der Waals surface area contributed by atoms with Gasteiger partial charge in [0.15, 0.2) is 0 Å². The Morgan fingerprint density at radius 3 is 2.84 bits per heavy atom. The van der Waals surface area contributed by atoms with Gasteiger partial charge in [-0.1, -0.05) is 19.3 Å². The molecular weight excluding hydrogens is 254 g/mol. The molecule has 2 aliphatic carbocycles. The van der Waals surface area contributed by atoms with Crippen LogP contribution in [0.25, 0.3) is 0 Å². The monoisotopic (exact) mass is 277 g/mol. The van der Waals surface area contributed by atoms with Crippen molar-refractivity contribution in [2.45, 2.75) is 63.3 Å². The summed E-state index contributed by atoms with van der Waals surface area (Å²) in [6.07, 6.45) is 10.1. The molecule has 0 aromatic carbocycles. The lowest BCUT2D eigenvalue weighted by Crippen LogP contribution is -2.37. The average Bonchev–Trinajstić information content (AvgIpc) is 2.94. The standard InChI is InChI=1S/C15H23N3S/c16-18-15(17-11-5-2-1-3-6-11)13-7-4-8-14-12(13)9-10-19-14/h9-11,13H,1-8,16H2,(H,17,18). The summed E-state index contributed by atoms with van der Waals surface area (Å²) in [5.74, 6) is 7.19. The van der Waals surface area contributed by atoms with E-state index in [1.54, 1.807) is 0 Å². The summed E-state index contributed by atoms with van der Waals surface area (Å²) in [6.45, 7) is 0. The molecule has 0 saturated heterocycles. The largest absolute Gasteiger partial charge is 0.312 e. The minimum absolute atomic E-state index is 0.405. The van der Waals surface area contributed by atoms with Crippen LogP contribution in [0.1, 0.15) is 61.3 Å². The maximum atomic E-state index is 5.77. The number of nitrogens with one attached hydrogen (secondary N) is 1. The van der Waals surface area contributed by atoms with E-state index in [2.05, 4.69) is 16.9 Å². The van der Waals surface area contributed by atoms with Crippen LogP contribution in [0.5, 0.6) is 0 Å². The van der Waals surface area contributed by atoms with Crippen molar-refractivity contribution in [3.05, 3.63) is 21.9 Å². The van der Waals surface area contributed by atoms with Gasteiger partial charge in [-0.15, -0.1) is 11.3 Å². The lowest BCUT2D eigenvalue weighted by atomic mass is 9.86. The van der Waals surface area contributed by atoms with E-state index in [4.69, 9.17) is 10.8 Å². The van der Waals surface area contributed by atoms with Gasteiger partial charge in [-0.25, -0.2) is 5.84 Å². The fourth-order valence-electron chi connectivity index (χ4n) is 3.41. The molecule has 1 atom stereocenters. The van der Waals surface area contributed by atoms with Crippen molar-refractivity contribution in [1.29, 1.82) is 0 Å². The summed E-state index contributed by atoms with van der Waals surface area (Å²) in [4.78, 5) is 6.47. The minimum Gasteiger partial charge on any atom is -0.312 e. The molecule has 1 saturated carbocycles. The quantitative estimate of drug-likeness (QED) is 0.377. The second-order valence-corrected chi connectivity index (χ2v) is 6.70. The first-order chi connectivity index (χ1) is 9.38. The number of hydrogen-bond acceptors (Lipinski definition) is 3. The van der Waals surface area contributed by atoms with Crippen molar-refractivity contribution in [2.75, 3.05) is 0 Å². The lowest BCUT2D eigenvalue weighted by Gasteiger charge is -2.26. The van der Waals surface area contributed by atoms with Crippen molar-refractivity contribution in [3.63, 3.8) is 0 Å². The summed E-state index contributed by atoms with van der Waals surface area (Å²) >= 11 is 1.88. The predicted molar refractivity (Wildman–Crippen MR) is 81.6 cm³/mol. The fraction of sp³-hybridized carbons (Fsp3) is 0.667. The molecule has 4 heteroatoms. The molecular formula is C15H23N3S. The number of nitrogens with two attached hydrogens (primary N) is 1. The summed E-state index contributed by atoms with van der Waals surface area (Å²) in [7, 11) is 0. The number of aryl methyl sites for hydroxylation is 1. The summed E-state index contributed by atoms with van der Waals surface area (Å²) in [6, 6.07) is 2.75. The second-order valence-electron chi connectivity index (χ2n) is 5.69. The van der Waals surface area contributed by atoms with Crippen LogP contribution in [0.4, 0.5) is 0 Å². The molecule has 0 spiro atoms. The molecule has 19 heavy (non-hydrogen) atoms. The number of fused-ring (bicyclic) bond motifs is 1. The highest BCUT2D eigenvalue weighted by molar-refractivity contribution is 7.10. The molecule has 1 heterocycles. The molecule has 0 radical (unpaired) electrons. The average molecular weight is 277 g/mol. The van der Waals surface area contributed by atoms with E-state index in [0.717, 1.165) is 5.84 Å². The summed E-state index contributed by atoms with van der Waals surface area (Å²) in [5.41, 5.74) is 4.37. The molecule has 3 rings (SSSR count). The van der Waals surface area contributed by atoms with E-state index >= 15 is 0 Å². The van der Waals surface area contributed by atoms with Crippen molar-refractivity contribution in [3.8, 4) is 0 Å². The van der Waals surface area contributed by atoms with Crippen molar-refractivity contribution in [2.24, 2.45) is 10.8 Å². The van der Waals surface area contributed by atoms with Crippen LogP contribution in [0, 0.1) is 0 Å². The Morgan fingerprint density at radius 1 is 1.21 bits per heavy atom. The molecule has 2 aliphatic rings. The zero-order valence-electron chi connectivity index (χ0n) is 11.4. The molecule has 1 aromatic heterocycles. The van der Waals surface area contributed by atoms with Crippen LogP contribution >= 0.6 is 11.3 Å². The van der Waals surface area contributed by atoms with E-state index in [1.807, 2.05) is 11.3 Å². The molecule has 1 fully saturated rings. The van der Waals surface area contributed by atoms with Gasteiger partial charge in [-0.2, -0.15) is 0 Å². The number of aliphatic imine (C=N–C) groups is 1. The van der Waals surface area contributed by atoms with Crippen LogP contribution in [-0.2, 0) is 6.42 Å². The molecule has 104 valence electrons. The number of amidine groups is 1. The maximum absolute atomic E-state index is 5.77. The zero-order chi connectivity index (χ0) is 13.1. The van der Waals surface area contributed by atoms with Crippen LogP contribution in [0.2, 0.25) is 0 Å². The maximum Gasteiger partial charge on any atom is 0.118 e. The highest BCUT2D eigenvalue weighted by Crippen LogP contribution is 2.35. The summed E-state index contributed by atoms with van der Waals surface area (Å²) in [5, 5.41) is 2.21. The third-order valence-corrected chi connectivity index (χ3v) is 5.42. The predicted octanol–water partition coefficient (Wildman–Crippen LogP) is 3.36. The first-order valence-electron chi connectivity index (χ1n) is 7.49. The zero-order valence-corrected chi connectivity index (χ0v) is 12.2. The molecule has 3 N–H and O–H groups in total. The Labute approximate surface area is 119 Å². The van der Waals surface area contributed by atoms with Crippen LogP contribution in [0.15, 0.2) is 16.4 Å². The number of rotatable bonds is 2. The Morgan fingerprint density at radius 2 is 2.05 bits per heavy atom. The van der Waals surface area contributed by atoms with Gasteiger partial charge in [-0.3, -0.25) is 4.99 Å². The van der Waals surface area contributed by atoms with Gasteiger partial charge >= 0.3 is 0 Å². The smallest absolute Gasteiger partial charge is 0.118 e. The highest BCUT2D eigenvalue weighted by Gasteiger charge is 2.26. The van der Waals surface area contributed by atoms with E-state index in [1.165, 1.54) is 61.8 Å².